The van der Waals surface area contributed by atoms with Crippen LogP contribution in [0.3, 0.4) is 0 Å². The average molecular weight is 270 g/mol. The maximum atomic E-state index is 13.6. The van der Waals surface area contributed by atoms with Crippen LogP contribution in [-0.4, -0.2) is 24.1 Å². The monoisotopic (exact) mass is 269 g/mol. The molecule has 90 valence electrons. The zero-order valence-electron chi connectivity index (χ0n) is 8.49. The summed E-state index contributed by atoms with van der Waals surface area (Å²) in [5.41, 5.74) is -0.680. The lowest BCUT2D eigenvalue weighted by Gasteiger charge is -2.02. The highest BCUT2D eigenvalue weighted by molar-refractivity contribution is 8.13. The first-order chi connectivity index (χ1) is 7.21. The summed E-state index contributed by atoms with van der Waals surface area (Å²) in [6.07, 6.45) is 0.155. The van der Waals surface area contributed by atoms with E-state index < -0.39 is 31.4 Å². The molecule has 16 heavy (non-hydrogen) atoms. The molecule has 0 amide bonds. The van der Waals surface area contributed by atoms with Gasteiger partial charge < -0.3 is 9.67 Å². The Bertz CT molecular complexity index is 549. The third-order valence-electron chi connectivity index (χ3n) is 2.19. The van der Waals surface area contributed by atoms with Crippen LogP contribution in [0.5, 0.6) is 0 Å². The van der Waals surface area contributed by atoms with E-state index in [0.29, 0.717) is 0 Å². The number of hydrogen-bond acceptors (Lipinski definition) is 3. The Morgan fingerprint density at radius 3 is 2.31 bits per heavy atom. The molecule has 0 aliphatic carbocycles. The van der Waals surface area contributed by atoms with Gasteiger partial charge in [0.1, 0.15) is 4.90 Å². The molecular formula is C8H9ClFNO4S. The first-order valence-electron chi connectivity index (χ1n) is 4.26. The molecule has 1 rings (SSSR count). The number of carbonyl (C=O) groups is 1. The van der Waals surface area contributed by atoms with Crippen molar-refractivity contribution >= 4 is 25.7 Å². The quantitative estimate of drug-likeness (QED) is 0.841. The molecule has 1 N–H and O–H groups in total. The Morgan fingerprint density at radius 2 is 2.06 bits per heavy atom. The van der Waals surface area contributed by atoms with Crippen molar-refractivity contribution in [1.82, 2.24) is 4.57 Å². The van der Waals surface area contributed by atoms with E-state index in [2.05, 4.69) is 0 Å². The van der Waals surface area contributed by atoms with E-state index in [9.17, 15) is 17.6 Å². The van der Waals surface area contributed by atoms with Crippen LogP contribution in [0.25, 0.3) is 0 Å². The van der Waals surface area contributed by atoms with E-state index in [1.54, 1.807) is 6.92 Å². The van der Waals surface area contributed by atoms with Gasteiger partial charge in [-0.25, -0.2) is 17.6 Å². The van der Waals surface area contributed by atoms with Gasteiger partial charge in [-0.2, -0.15) is 0 Å². The van der Waals surface area contributed by atoms with Crippen molar-refractivity contribution in [3.05, 3.63) is 17.2 Å². The predicted molar refractivity (Wildman–Crippen MR) is 54.7 cm³/mol. The molecule has 8 heteroatoms. The van der Waals surface area contributed by atoms with Gasteiger partial charge in [0.25, 0.3) is 9.05 Å². The lowest BCUT2D eigenvalue weighted by molar-refractivity contribution is 0.0680. The molecule has 1 aromatic heterocycles. The van der Waals surface area contributed by atoms with Crippen molar-refractivity contribution in [3.63, 3.8) is 0 Å². The van der Waals surface area contributed by atoms with Gasteiger partial charge in [-0.15, -0.1) is 0 Å². The number of carboxylic acid groups (broad SMARTS) is 1. The number of aromatic carboxylic acids is 1. The maximum absolute atomic E-state index is 13.6. The van der Waals surface area contributed by atoms with E-state index in [1.807, 2.05) is 0 Å². The summed E-state index contributed by atoms with van der Waals surface area (Å²) in [5, 5.41) is 8.75. The fourth-order valence-electron chi connectivity index (χ4n) is 1.55. The molecule has 1 heterocycles. The van der Waals surface area contributed by atoms with Crippen molar-refractivity contribution in [3.8, 4) is 0 Å². The number of carboxylic acids is 1. The minimum absolute atomic E-state index is 0.0323. The Labute approximate surface area is 95.9 Å². The molecule has 0 unspecified atom stereocenters. The average Bonchev–Trinajstić information content (AvgIpc) is 2.35. The van der Waals surface area contributed by atoms with Gasteiger partial charge in [0.05, 0.1) is 0 Å². The van der Waals surface area contributed by atoms with Crippen LogP contribution in [0, 0.1) is 5.82 Å². The van der Waals surface area contributed by atoms with E-state index in [-0.39, 0.29) is 12.1 Å². The van der Waals surface area contributed by atoms with Gasteiger partial charge in [0, 0.05) is 23.4 Å². The Kier molecular flexibility index (Phi) is 3.30. The van der Waals surface area contributed by atoms with Gasteiger partial charge in [-0.05, 0) is 6.42 Å². The molecule has 0 aromatic carbocycles. The lowest BCUT2D eigenvalue weighted by atomic mass is 10.3. The Balaban J connectivity index is 3.76. The summed E-state index contributed by atoms with van der Waals surface area (Å²) in [4.78, 5) is 10.00. The molecular weight excluding hydrogens is 261 g/mol. The summed E-state index contributed by atoms with van der Waals surface area (Å²) in [6.45, 7) is 1.58. The fourth-order valence-corrected chi connectivity index (χ4v) is 2.90. The van der Waals surface area contributed by atoms with Crippen molar-refractivity contribution in [2.45, 2.75) is 18.2 Å². The Morgan fingerprint density at radius 1 is 1.56 bits per heavy atom. The smallest absolute Gasteiger partial charge is 0.355 e. The van der Waals surface area contributed by atoms with Crippen LogP contribution < -0.4 is 0 Å². The molecule has 0 saturated carbocycles. The van der Waals surface area contributed by atoms with Gasteiger partial charge in [-0.1, -0.05) is 6.92 Å². The summed E-state index contributed by atoms with van der Waals surface area (Å²) in [6, 6.07) is 0. The van der Waals surface area contributed by atoms with E-state index in [0.717, 1.165) is 4.57 Å². The highest BCUT2D eigenvalue weighted by Crippen LogP contribution is 2.28. The van der Waals surface area contributed by atoms with Gasteiger partial charge in [-0.3, -0.25) is 0 Å². The fraction of sp³-hybridized carbons (Fsp3) is 0.375. The molecule has 0 radical (unpaired) electrons. The van der Waals surface area contributed by atoms with Crippen molar-refractivity contribution in [2.24, 2.45) is 7.05 Å². The van der Waals surface area contributed by atoms with Gasteiger partial charge in [0.15, 0.2) is 11.5 Å². The SMILES string of the molecule is CCc1c(S(=O)(=O)Cl)c(F)c(C(=O)O)n1C. The normalized spacial score (nSPS) is 11.8. The minimum atomic E-state index is -4.30. The maximum Gasteiger partial charge on any atom is 0.355 e. The highest BCUT2D eigenvalue weighted by Gasteiger charge is 2.31. The Hall–Kier alpha value is -1.08. The summed E-state index contributed by atoms with van der Waals surface area (Å²) < 4.78 is 36.9. The molecule has 0 aliphatic rings. The summed E-state index contributed by atoms with van der Waals surface area (Å²) in [7, 11) is 2.04. The van der Waals surface area contributed by atoms with Crippen LogP contribution in [-0.2, 0) is 22.5 Å². The number of aromatic nitrogens is 1. The van der Waals surface area contributed by atoms with Crippen LogP contribution in [0.15, 0.2) is 4.90 Å². The van der Waals surface area contributed by atoms with Crippen molar-refractivity contribution in [2.75, 3.05) is 0 Å². The largest absolute Gasteiger partial charge is 0.476 e. The molecule has 5 nitrogen and oxygen atoms in total. The van der Waals surface area contributed by atoms with Gasteiger partial charge in [0.2, 0.25) is 0 Å². The van der Waals surface area contributed by atoms with Crippen LogP contribution in [0.1, 0.15) is 23.1 Å². The molecule has 0 saturated heterocycles. The molecule has 1 aromatic rings. The molecule has 0 spiro atoms. The molecule has 0 fully saturated rings. The number of hydrogen-bond donors (Lipinski definition) is 1. The second-order valence-electron chi connectivity index (χ2n) is 3.09. The predicted octanol–water partition coefficient (Wildman–Crippen LogP) is 1.35. The standard InChI is InChI=1S/C8H9ClFNO4S/c1-3-4-7(16(9,14)15)5(10)6(8(12)13)11(4)2/h3H2,1-2H3,(H,12,13). The van der Waals surface area contributed by atoms with E-state index in [1.165, 1.54) is 7.05 Å². The third-order valence-corrected chi connectivity index (χ3v) is 3.56. The first kappa shape index (κ1) is 13.0. The molecule has 0 atom stereocenters. The first-order valence-corrected chi connectivity index (χ1v) is 6.57. The number of nitrogens with zero attached hydrogens (tertiary/aromatic N) is 1. The number of rotatable bonds is 3. The van der Waals surface area contributed by atoms with E-state index in [4.69, 9.17) is 15.8 Å². The molecule has 0 bridgehead atoms. The lowest BCUT2D eigenvalue weighted by Crippen LogP contribution is -2.07. The zero-order valence-corrected chi connectivity index (χ0v) is 10.1. The van der Waals surface area contributed by atoms with E-state index >= 15 is 0 Å². The van der Waals surface area contributed by atoms with Crippen LogP contribution in [0.4, 0.5) is 4.39 Å². The van der Waals surface area contributed by atoms with Crippen molar-refractivity contribution in [1.29, 1.82) is 0 Å². The second kappa shape index (κ2) is 4.06. The third kappa shape index (κ3) is 1.92. The topological polar surface area (TPSA) is 76.4 Å². The zero-order chi connectivity index (χ0) is 12.7. The van der Waals surface area contributed by atoms with Crippen LogP contribution >= 0.6 is 10.7 Å². The van der Waals surface area contributed by atoms with Crippen LogP contribution in [0.2, 0.25) is 0 Å². The number of halogens is 2. The minimum Gasteiger partial charge on any atom is -0.476 e. The summed E-state index contributed by atoms with van der Waals surface area (Å²) in [5.74, 6) is -2.86. The summed E-state index contributed by atoms with van der Waals surface area (Å²) >= 11 is 0. The van der Waals surface area contributed by atoms with Crippen molar-refractivity contribution < 1.29 is 22.7 Å². The highest BCUT2D eigenvalue weighted by atomic mass is 35.7. The molecule has 0 aliphatic heterocycles. The van der Waals surface area contributed by atoms with Gasteiger partial charge >= 0.3 is 5.97 Å². The second-order valence-corrected chi connectivity index (χ2v) is 5.60.